The molecular weight excluding hydrogens is 290 g/mol. The van der Waals surface area contributed by atoms with Gasteiger partial charge in [-0.3, -0.25) is 10.3 Å². The third kappa shape index (κ3) is 4.03. The van der Waals surface area contributed by atoms with Gasteiger partial charge in [-0.1, -0.05) is 26.2 Å². The van der Waals surface area contributed by atoms with Crippen LogP contribution in [0.4, 0.5) is 10.5 Å². The van der Waals surface area contributed by atoms with Crippen molar-refractivity contribution in [3.8, 4) is 0 Å². The van der Waals surface area contributed by atoms with Gasteiger partial charge >= 0.3 is 6.09 Å². The minimum atomic E-state index is -0.381. The van der Waals surface area contributed by atoms with Gasteiger partial charge in [0.05, 0.1) is 11.2 Å². The number of carbonyl (C=O) groups excluding carboxylic acids is 1. The summed E-state index contributed by atoms with van der Waals surface area (Å²) in [5.74, 6) is 0.815. The van der Waals surface area contributed by atoms with Crippen molar-refractivity contribution in [2.24, 2.45) is 5.92 Å². The van der Waals surface area contributed by atoms with Gasteiger partial charge < -0.3 is 9.72 Å². The molecule has 0 bridgehead atoms. The highest BCUT2D eigenvalue weighted by Gasteiger charge is 2.23. The van der Waals surface area contributed by atoms with E-state index in [1.165, 1.54) is 32.1 Å². The van der Waals surface area contributed by atoms with Crippen LogP contribution in [0.15, 0.2) is 24.5 Å². The number of fused-ring (bicyclic) bond motifs is 1. The van der Waals surface area contributed by atoms with Gasteiger partial charge in [-0.15, -0.1) is 0 Å². The minimum Gasteiger partial charge on any atom is -0.446 e. The maximum absolute atomic E-state index is 12.1. The molecule has 0 spiro atoms. The van der Waals surface area contributed by atoms with Crippen LogP contribution in [0.1, 0.15) is 51.9 Å². The second-order valence-electron chi connectivity index (χ2n) is 6.42. The molecule has 0 unspecified atom stereocenters. The van der Waals surface area contributed by atoms with Crippen molar-refractivity contribution in [1.29, 1.82) is 0 Å². The molecule has 0 atom stereocenters. The lowest BCUT2D eigenvalue weighted by molar-refractivity contribution is 0.0728. The van der Waals surface area contributed by atoms with E-state index in [0.717, 1.165) is 29.8 Å². The molecule has 1 aliphatic carbocycles. The Morgan fingerprint density at radius 3 is 3.00 bits per heavy atom. The Bertz CT molecular complexity index is 645. The first-order chi connectivity index (χ1) is 11.3. The summed E-state index contributed by atoms with van der Waals surface area (Å²) in [5.41, 5.74) is 2.33. The number of nitrogens with zero attached hydrogens (tertiary/aromatic N) is 1. The number of ether oxygens (including phenoxy) is 1. The molecule has 0 saturated heterocycles. The molecule has 3 rings (SSSR count). The molecule has 1 saturated carbocycles. The smallest absolute Gasteiger partial charge is 0.412 e. The van der Waals surface area contributed by atoms with Crippen LogP contribution in [0.5, 0.6) is 0 Å². The van der Waals surface area contributed by atoms with Crippen molar-refractivity contribution >= 4 is 22.8 Å². The first kappa shape index (κ1) is 15.8. The fourth-order valence-corrected chi connectivity index (χ4v) is 3.37. The van der Waals surface area contributed by atoms with E-state index in [-0.39, 0.29) is 12.2 Å². The highest BCUT2D eigenvalue weighted by Crippen LogP contribution is 2.30. The number of amides is 1. The molecule has 2 N–H and O–H groups in total. The first-order valence-electron chi connectivity index (χ1n) is 8.66. The Labute approximate surface area is 136 Å². The van der Waals surface area contributed by atoms with Crippen molar-refractivity contribution in [2.45, 2.75) is 58.0 Å². The van der Waals surface area contributed by atoms with E-state index >= 15 is 0 Å². The Kier molecular flexibility index (Phi) is 5.16. The molecule has 1 amide bonds. The average Bonchev–Trinajstić information content (AvgIpc) is 2.97. The van der Waals surface area contributed by atoms with Crippen molar-refractivity contribution in [2.75, 3.05) is 5.32 Å². The van der Waals surface area contributed by atoms with E-state index in [9.17, 15) is 4.79 Å². The SMILES string of the molecule is CCCCC1CCC(OC(=O)Nc2c[nH]c3cccnc23)CC1. The zero-order valence-corrected chi connectivity index (χ0v) is 13.7. The summed E-state index contributed by atoms with van der Waals surface area (Å²) in [6.45, 7) is 2.23. The number of rotatable bonds is 5. The van der Waals surface area contributed by atoms with Gasteiger partial charge in [-0.25, -0.2) is 4.79 Å². The summed E-state index contributed by atoms with van der Waals surface area (Å²) in [7, 11) is 0. The van der Waals surface area contributed by atoms with Crippen LogP contribution in [-0.2, 0) is 4.74 Å². The molecule has 23 heavy (non-hydrogen) atoms. The Morgan fingerprint density at radius 1 is 1.39 bits per heavy atom. The number of aromatic amines is 1. The number of anilines is 1. The monoisotopic (exact) mass is 315 g/mol. The normalized spacial score (nSPS) is 21.3. The molecule has 2 aromatic rings. The first-order valence-corrected chi connectivity index (χ1v) is 8.66. The van der Waals surface area contributed by atoms with Crippen LogP contribution in [0.2, 0.25) is 0 Å². The quantitative estimate of drug-likeness (QED) is 0.828. The largest absolute Gasteiger partial charge is 0.446 e. The maximum atomic E-state index is 12.1. The minimum absolute atomic E-state index is 0.0473. The summed E-state index contributed by atoms with van der Waals surface area (Å²) in [6, 6.07) is 3.79. The van der Waals surface area contributed by atoms with E-state index in [0.29, 0.717) is 5.69 Å². The second-order valence-corrected chi connectivity index (χ2v) is 6.42. The highest BCUT2D eigenvalue weighted by molar-refractivity contribution is 5.97. The van der Waals surface area contributed by atoms with E-state index in [1.807, 2.05) is 12.1 Å². The van der Waals surface area contributed by atoms with Crippen LogP contribution >= 0.6 is 0 Å². The van der Waals surface area contributed by atoms with Crippen LogP contribution in [-0.4, -0.2) is 22.2 Å². The predicted molar refractivity (Wildman–Crippen MR) is 91.5 cm³/mol. The van der Waals surface area contributed by atoms with Crippen LogP contribution < -0.4 is 5.32 Å². The van der Waals surface area contributed by atoms with Gasteiger partial charge in [0.1, 0.15) is 11.6 Å². The summed E-state index contributed by atoms with van der Waals surface area (Å²) in [6.07, 6.45) is 11.3. The van der Waals surface area contributed by atoms with Gasteiger partial charge in [-0.05, 0) is 43.7 Å². The molecule has 5 heteroatoms. The fourth-order valence-electron chi connectivity index (χ4n) is 3.37. The molecule has 0 aromatic carbocycles. The van der Waals surface area contributed by atoms with Crippen molar-refractivity contribution in [3.05, 3.63) is 24.5 Å². The number of hydrogen-bond acceptors (Lipinski definition) is 3. The second kappa shape index (κ2) is 7.49. The van der Waals surface area contributed by atoms with Gasteiger partial charge in [0.2, 0.25) is 0 Å². The van der Waals surface area contributed by atoms with Crippen LogP contribution in [0.25, 0.3) is 11.0 Å². The predicted octanol–water partition coefficient (Wildman–Crippen LogP) is 4.86. The van der Waals surface area contributed by atoms with Crippen LogP contribution in [0, 0.1) is 5.92 Å². The zero-order valence-electron chi connectivity index (χ0n) is 13.7. The van der Waals surface area contributed by atoms with E-state index in [1.54, 1.807) is 12.4 Å². The van der Waals surface area contributed by atoms with Crippen LogP contribution in [0.3, 0.4) is 0 Å². The van der Waals surface area contributed by atoms with E-state index in [2.05, 4.69) is 22.2 Å². The number of pyridine rings is 1. The molecule has 5 nitrogen and oxygen atoms in total. The number of unbranched alkanes of at least 4 members (excludes halogenated alkanes) is 1. The summed E-state index contributed by atoms with van der Waals surface area (Å²) >= 11 is 0. The number of aromatic nitrogens is 2. The van der Waals surface area contributed by atoms with E-state index < -0.39 is 0 Å². The van der Waals surface area contributed by atoms with Crippen molar-refractivity contribution < 1.29 is 9.53 Å². The standard InChI is InChI=1S/C18H25N3O2/c1-2-3-5-13-7-9-14(10-8-13)23-18(22)21-16-12-20-15-6-4-11-19-17(15)16/h4,6,11-14,20H,2-3,5,7-10H2,1H3,(H,21,22). The number of nitrogens with one attached hydrogen (secondary N) is 2. The molecule has 2 aromatic heterocycles. The average molecular weight is 315 g/mol. The fraction of sp³-hybridized carbons (Fsp3) is 0.556. The molecular formula is C18H25N3O2. The lowest BCUT2D eigenvalue weighted by atomic mass is 9.84. The van der Waals surface area contributed by atoms with Gasteiger partial charge in [-0.2, -0.15) is 0 Å². The van der Waals surface area contributed by atoms with Gasteiger partial charge in [0.15, 0.2) is 0 Å². The highest BCUT2D eigenvalue weighted by atomic mass is 16.6. The third-order valence-corrected chi connectivity index (χ3v) is 4.70. The maximum Gasteiger partial charge on any atom is 0.412 e. The molecule has 0 radical (unpaired) electrons. The van der Waals surface area contributed by atoms with Crippen molar-refractivity contribution in [3.63, 3.8) is 0 Å². The van der Waals surface area contributed by atoms with E-state index in [4.69, 9.17) is 4.74 Å². The van der Waals surface area contributed by atoms with Gasteiger partial charge in [0.25, 0.3) is 0 Å². The number of hydrogen-bond donors (Lipinski definition) is 2. The topological polar surface area (TPSA) is 67.0 Å². The number of H-pyrrole nitrogens is 1. The molecule has 0 aliphatic heterocycles. The Balaban J connectivity index is 1.49. The molecule has 1 fully saturated rings. The molecule has 124 valence electrons. The third-order valence-electron chi connectivity index (χ3n) is 4.70. The van der Waals surface area contributed by atoms with Gasteiger partial charge in [0, 0.05) is 12.4 Å². The summed E-state index contributed by atoms with van der Waals surface area (Å²) in [5, 5.41) is 2.80. The Hall–Kier alpha value is -2.04. The lowest BCUT2D eigenvalue weighted by Crippen LogP contribution is -2.27. The van der Waals surface area contributed by atoms with Crippen molar-refractivity contribution in [1.82, 2.24) is 9.97 Å². The lowest BCUT2D eigenvalue weighted by Gasteiger charge is -2.28. The molecule has 2 heterocycles. The Morgan fingerprint density at radius 2 is 2.22 bits per heavy atom. The number of carbonyl (C=O) groups is 1. The molecule has 1 aliphatic rings. The summed E-state index contributed by atoms with van der Waals surface area (Å²) < 4.78 is 5.57. The zero-order chi connectivity index (χ0) is 16.1. The summed E-state index contributed by atoms with van der Waals surface area (Å²) in [4.78, 5) is 19.5.